The molecule has 1 amide bonds. The van der Waals surface area contributed by atoms with Crippen LogP contribution < -0.4 is 5.73 Å². The third kappa shape index (κ3) is 4.75. The van der Waals surface area contributed by atoms with Gasteiger partial charge in [-0.3, -0.25) is 19.7 Å². The molecule has 0 radical (unpaired) electrons. The van der Waals surface area contributed by atoms with E-state index in [1.807, 2.05) is 17.9 Å². The highest BCUT2D eigenvalue weighted by Crippen LogP contribution is 2.30. The van der Waals surface area contributed by atoms with E-state index in [2.05, 4.69) is 9.97 Å². The number of carbonyl (C=O) groups is 1. The number of halogens is 4. The molecule has 0 spiro atoms. The Kier molecular flexibility index (Phi) is 6.43. The lowest BCUT2D eigenvalue weighted by atomic mass is 10.0. The second-order valence-electron chi connectivity index (χ2n) is 6.45. The van der Waals surface area contributed by atoms with E-state index in [0.717, 1.165) is 42.3 Å². The number of hydrogen-bond acceptors (Lipinski definition) is 4. The summed E-state index contributed by atoms with van der Waals surface area (Å²) in [6, 6.07) is 3.91. The van der Waals surface area contributed by atoms with Crippen LogP contribution in [-0.4, -0.2) is 33.4 Å². The van der Waals surface area contributed by atoms with E-state index in [4.69, 9.17) is 5.73 Å². The van der Waals surface area contributed by atoms with Crippen LogP contribution in [0.5, 0.6) is 0 Å². The van der Waals surface area contributed by atoms with Crippen LogP contribution in [0.3, 0.4) is 0 Å². The van der Waals surface area contributed by atoms with Crippen LogP contribution in [0.1, 0.15) is 29.8 Å². The number of aryl methyl sites for hydroxylation is 1. The van der Waals surface area contributed by atoms with Crippen molar-refractivity contribution in [3.05, 3.63) is 47.5 Å². The molecule has 0 saturated carbocycles. The minimum Gasteiger partial charge on any atom is -0.368 e. The minimum absolute atomic E-state index is 0. The molecule has 0 bridgehead atoms. The largest absolute Gasteiger partial charge is 0.433 e. The van der Waals surface area contributed by atoms with Crippen molar-refractivity contribution in [2.24, 2.45) is 5.73 Å². The lowest BCUT2D eigenvalue weighted by Gasteiger charge is -2.21. The van der Waals surface area contributed by atoms with Crippen molar-refractivity contribution in [1.29, 1.82) is 0 Å². The van der Waals surface area contributed by atoms with E-state index in [0.29, 0.717) is 12.1 Å². The molecule has 1 aliphatic heterocycles. The fraction of sp³-hybridized carbons (Fsp3) is 0.389. The Bertz CT molecular complexity index is 811. The molecule has 0 aromatic carbocycles. The third-order valence-electron chi connectivity index (χ3n) is 4.58. The van der Waals surface area contributed by atoms with Crippen LogP contribution >= 0.6 is 12.4 Å². The molecule has 2 aromatic heterocycles. The van der Waals surface area contributed by atoms with Gasteiger partial charge in [0.1, 0.15) is 5.69 Å². The van der Waals surface area contributed by atoms with E-state index >= 15 is 0 Å². The number of likely N-dealkylation sites (tertiary alicyclic amines) is 1. The fourth-order valence-electron chi connectivity index (χ4n) is 3.23. The van der Waals surface area contributed by atoms with Gasteiger partial charge < -0.3 is 5.73 Å². The zero-order chi connectivity index (χ0) is 18.9. The first-order chi connectivity index (χ1) is 12.3. The summed E-state index contributed by atoms with van der Waals surface area (Å²) in [6.07, 6.45) is 0.0667. The van der Waals surface area contributed by atoms with Crippen molar-refractivity contribution in [3.63, 3.8) is 0 Å². The Labute approximate surface area is 161 Å². The van der Waals surface area contributed by atoms with E-state index in [1.165, 1.54) is 12.3 Å². The average molecular weight is 401 g/mol. The van der Waals surface area contributed by atoms with Crippen LogP contribution in [0.2, 0.25) is 0 Å². The van der Waals surface area contributed by atoms with Crippen LogP contribution in [0.25, 0.3) is 11.1 Å². The Morgan fingerprint density at radius 1 is 1.30 bits per heavy atom. The summed E-state index contributed by atoms with van der Waals surface area (Å²) < 4.78 is 38.0. The first kappa shape index (κ1) is 21.1. The smallest absolute Gasteiger partial charge is 0.368 e. The van der Waals surface area contributed by atoms with Gasteiger partial charge in [-0.1, -0.05) is 6.07 Å². The number of hydrogen-bond donors (Lipinski definition) is 1. The first-order valence-corrected chi connectivity index (χ1v) is 8.28. The molecule has 3 heterocycles. The summed E-state index contributed by atoms with van der Waals surface area (Å²) >= 11 is 0. The number of nitrogens with zero attached hydrogens (tertiary/aromatic N) is 3. The number of nitrogens with two attached hydrogens (primary N) is 1. The highest BCUT2D eigenvalue weighted by Gasteiger charge is 2.32. The number of aromatic nitrogens is 2. The zero-order valence-corrected chi connectivity index (χ0v) is 15.5. The molecule has 5 nitrogen and oxygen atoms in total. The molecular weight excluding hydrogens is 381 g/mol. The highest BCUT2D eigenvalue weighted by atomic mass is 35.5. The summed E-state index contributed by atoms with van der Waals surface area (Å²) in [6.45, 7) is 3.07. The van der Waals surface area contributed by atoms with Gasteiger partial charge in [0, 0.05) is 24.5 Å². The Hall–Kier alpha value is -2.19. The molecule has 146 valence electrons. The Balaban J connectivity index is 0.00000261. The Morgan fingerprint density at radius 3 is 2.63 bits per heavy atom. The minimum atomic E-state index is -4.46. The van der Waals surface area contributed by atoms with Crippen LogP contribution in [0, 0.1) is 6.92 Å². The summed E-state index contributed by atoms with van der Waals surface area (Å²) in [4.78, 5) is 21.4. The third-order valence-corrected chi connectivity index (χ3v) is 4.58. The molecule has 1 atom stereocenters. The molecule has 2 aromatic rings. The van der Waals surface area contributed by atoms with Gasteiger partial charge in [-0.2, -0.15) is 13.2 Å². The Morgan fingerprint density at radius 2 is 2.04 bits per heavy atom. The summed E-state index contributed by atoms with van der Waals surface area (Å²) in [7, 11) is 0. The summed E-state index contributed by atoms with van der Waals surface area (Å²) in [5.74, 6) is -0.346. The quantitative estimate of drug-likeness (QED) is 0.854. The van der Waals surface area contributed by atoms with Gasteiger partial charge in [-0.25, -0.2) is 0 Å². The van der Waals surface area contributed by atoms with Crippen LogP contribution in [0.4, 0.5) is 13.2 Å². The maximum atomic E-state index is 12.7. The van der Waals surface area contributed by atoms with Gasteiger partial charge in [0.05, 0.1) is 11.7 Å². The van der Waals surface area contributed by atoms with Gasteiger partial charge in [0.2, 0.25) is 5.91 Å². The van der Waals surface area contributed by atoms with E-state index in [-0.39, 0.29) is 24.4 Å². The molecule has 1 saturated heterocycles. The number of rotatable bonds is 4. The van der Waals surface area contributed by atoms with Gasteiger partial charge >= 0.3 is 6.18 Å². The van der Waals surface area contributed by atoms with Gasteiger partial charge in [0.25, 0.3) is 0 Å². The highest BCUT2D eigenvalue weighted by molar-refractivity contribution is 5.85. The average Bonchev–Trinajstić information content (AvgIpc) is 3.04. The molecule has 1 unspecified atom stereocenters. The van der Waals surface area contributed by atoms with Crippen LogP contribution in [0.15, 0.2) is 30.6 Å². The number of alkyl halides is 3. The SMILES string of the molecule is Cc1cnc(CN2CCCC2C(N)=O)cc1-c1ccc(C(F)(F)F)nc1.Cl. The fourth-order valence-corrected chi connectivity index (χ4v) is 3.23. The van der Waals surface area contributed by atoms with Crippen molar-refractivity contribution >= 4 is 18.3 Å². The van der Waals surface area contributed by atoms with Crippen molar-refractivity contribution < 1.29 is 18.0 Å². The molecular formula is C18H20ClF3N4O. The monoisotopic (exact) mass is 400 g/mol. The predicted molar refractivity (Wildman–Crippen MR) is 97.1 cm³/mol. The molecule has 0 aliphatic carbocycles. The van der Waals surface area contributed by atoms with Crippen molar-refractivity contribution in [2.75, 3.05) is 6.54 Å². The zero-order valence-electron chi connectivity index (χ0n) is 14.7. The molecule has 3 rings (SSSR count). The first-order valence-electron chi connectivity index (χ1n) is 8.28. The topological polar surface area (TPSA) is 72.1 Å². The number of pyridine rings is 2. The molecule has 2 N–H and O–H groups in total. The predicted octanol–water partition coefficient (Wildman–Crippen LogP) is 3.34. The molecule has 1 fully saturated rings. The number of primary amides is 1. The number of amides is 1. The summed E-state index contributed by atoms with van der Waals surface area (Å²) in [5, 5.41) is 0. The van der Waals surface area contributed by atoms with E-state index in [9.17, 15) is 18.0 Å². The van der Waals surface area contributed by atoms with Gasteiger partial charge in [-0.15, -0.1) is 12.4 Å². The second kappa shape index (κ2) is 8.22. The van der Waals surface area contributed by atoms with Gasteiger partial charge in [0.15, 0.2) is 0 Å². The lowest BCUT2D eigenvalue weighted by Crippen LogP contribution is -2.39. The standard InChI is InChI=1S/C18H19F3N4O.ClH/c1-11-8-23-13(10-25-6-2-3-15(25)17(22)26)7-14(11)12-4-5-16(24-9-12)18(19,20)21;/h4-5,7-9,15H,2-3,6,10H2,1H3,(H2,22,26);1H. The molecule has 27 heavy (non-hydrogen) atoms. The van der Waals surface area contributed by atoms with E-state index in [1.54, 1.807) is 6.20 Å². The van der Waals surface area contributed by atoms with Crippen LogP contribution in [-0.2, 0) is 17.5 Å². The number of carbonyl (C=O) groups excluding carboxylic acids is 1. The van der Waals surface area contributed by atoms with E-state index < -0.39 is 11.9 Å². The van der Waals surface area contributed by atoms with Crippen molar-refractivity contribution in [3.8, 4) is 11.1 Å². The van der Waals surface area contributed by atoms with Crippen molar-refractivity contribution in [1.82, 2.24) is 14.9 Å². The molecule has 9 heteroatoms. The van der Waals surface area contributed by atoms with Gasteiger partial charge in [-0.05, 0) is 49.6 Å². The van der Waals surface area contributed by atoms with Crippen molar-refractivity contribution in [2.45, 2.75) is 38.5 Å². The second-order valence-corrected chi connectivity index (χ2v) is 6.45. The normalized spacial score (nSPS) is 17.6. The summed E-state index contributed by atoms with van der Waals surface area (Å²) in [5.41, 5.74) is 7.44. The molecule has 1 aliphatic rings. The maximum absolute atomic E-state index is 12.7. The lowest BCUT2D eigenvalue weighted by molar-refractivity contribution is -0.141. The maximum Gasteiger partial charge on any atom is 0.433 e.